The number of hydrogen-bond donors (Lipinski definition) is 1. The SMILES string of the molecule is CN1CCN(S(=O)(=O)c2ccc(Cl)s2)CC1c1ncc[nH]1. The maximum Gasteiger partial charge on any atom is 0.252 e. The summed E-state index contributed by atoms with van der Waals surface area (Å²) in [6.07, 6.45) is 3.42. The number of nitrogens with one attached hydrogen (secondary N) is 1. The first-order valence-corrected chi connectivity index (χ1v) is 9.07. The van der Waals surface area contributed by atoms with Gasteiger partial charge in [0.25, 0.3) is 10.0 Å². The summed E-state index contributed by atoms with van der Waals surface area (Å²) < 4.78 is 27.6. The maximum absolute atomic E-state index is 12.7. The Balaban J connectivity index is 1.86. The lowest BCUT2D eigenvalue weighted by Crippen LogP contribution is -2.49. The zero-order valence-electron chi connectivity index (χ0n) is 11.4. The Hall–Kier alpha value is -0.930. The van der Waals surface area contributed by atoms with Crippen LogP contribution in [0.4, 0.5) is 0 Å². The van der Waals surface area contributed by atoms with Gasteiger partial charge in [0.1, 0.15) is 10.0 Å². The topological polar surface area (TPSA) is 69.3 Å². The van der Waals surface area contributed by atoms with Crippen molar-refractivity contribution >= 4 is 33.0 Å². The lowest BCUT2D eigenvalue weighted by molar-refractivity contribution is 0.143. The Bertz CT molecular complexity index is 713. The fourth-order valence-corrected chi connectivity index (χ4v) is 5.46. The van der Waals surface area contributed by atoms with E-state index in [0.29, 0.717) is 24.0 Å². The number of aromatic amines is 1. The molecule has 1 fully saturated rings. The van der Waals surface area contributed by atoms with Crippen LogP contribution in [-0.2, 0) is 10.0 Å². The van der Waals surface area contributed by atoms with E-state index in [1.165, 1.54) is 4.31 Å². The molecule has 2 aromatic rings. The highest BCUT2D eigenvalue weighted by molar-refractivity contribution is 7.91. The number of sulfonamides is 1. The minimum atomic E-state index is -3.49. The van der Waals surface area contributed by atoms with Crippen LogP contribution in [-0.4, -0.2) is 54.3 Å². The van der Waals surface area contributed by atoms with Crippen LogP contribution in [0.2, 0.25) is 4.34 Å². The third-order valence-electron chi connectivity index (χ3n) is 3.59. The van der Waals surface area contributed by atoms with E-state index in [1.807, 2.05) is 7.05 Å². The van der Waals surface area contributed by atoms with E-state index in [2.05, 4.69) is 14.9 Å². The first kappa shape index (κ1) is 15.0. The third-order valence-corrected chi connectivity index (χ3v) is 7.15. The molecule has 1 aliphatic heterocycles. The van der Waals surface area contributed by atoms with E-state index in [1.54, 1.807) is 24.5 Å². The first-order valence-electron chi connectivity index (χ1n) is 6.43. The van der Waals surface area contributed by atoms with Gasteiger partial charge in [0, 0.05) is 32.0 Å². The van der Waals surface area contributed by atoms with Gasteiger partial charge < -0.3 is 4.98 Å². The lowest BCUT2D eigenvalue weighted by Gasteiger charge is -2.37. The fraction of sp³-hybridized carbons (Fsp3) is 0.417. The number of H-pyrrole nitrogens is 1. The van der Waals surface area contributed by atoms with Crippen molar-refractivity contribution in [3.05, 3.63) is 34.7 Å². The molecule has 1 N–H and O–H groups in total. The third kappa shape index (κ3) is 2.86. The average Bonchev–Trinajstić information content (AvgIpc) is 3.10. The van der Waals surface area contributed by atoms with Gasteiger partial charge in [0.15, 0.2) is 0 Å². The van der Waals surface area contributed by atoms with Crippen molar-refractivity contribution in [3.63, 3.8) is 0 Å². The second kappa shape index (κ2) is 5.69. The highest BCUT2D eigenvalue weighted by Crippen LogP contribution is 2.31. The summed E-state index contributed by atoms with van der Waals surface area (Å²) in [7, 11) is -1.52. The van der Waals surface area contributed by atoms with Gasteiger partial charge in [-0.25, -0.2) is 13.4 Å². The number of piperazine rings is 1. The molecule has 0 amide bonds. The van der Waals surface area contributed by atoms with Crippen LogP contribution < -0.4 is 0 Å². The molecule has 3 rings (SSSR count). The highest BCUT2D eigenvalue weighted by atomic mass is 35.5. The molecule has 6 nitrogen and oxygen atoms in total. The second-order valence-corrected chi connectivity index (χ2v) is 8.77. The van der Waals surface area contributed by atoms with Crippen LogP contribution in [0.3, 0.4) is 0 Å². The number of imidazole rings is 1. The van der Waals surface area contributed by atoms with Crippen molar-refractivity contribution in [1.29, 1.82) is 0 Å². The maximum atomic E-state index is 12.7. The van der Waals surface area contributed by atoms with Crippen molar-refractivity contribution in [1.82, 2.24) is 19.2 Å². The molecule has 0 spiro atoms. The number of nitrogens with zero attached hydrogens (tertiary/aromatic N) is 3. The quantitative estimate of drug-likeness (QED) is 0.920. The van der Waals surface area contributed by atoms with Crippen LogP contribution in [0, 0.1) is 0 Å². The molecule has 2 aromatic heterocycles. The van der Waals surface area contributed by atoms with E-state index in [0.717, 1.165) is 17.2 Å². The van der Waals surface area contributed by atoms with Gasteiger partial charge in [-0.1, -0.05) is 11.6 Å². The standard InChI is InChI=1S/C12H15ClN4O2S2/c1-16-6-7-17(8-9(16)12-14-4-5-15-12)21(18,19)11-3-2-10(13)20-11/h2-5,9H,6-8H2,1H3,(H,14,15). The molecule has 1 saturated heterocycles. The predicted octanol–water partition coefficient (Wildman–Crippen LogP) is 1.80. The van der Waals surface area contributed by atoms with Crippen LogP contribution in [0.15, 0.2) is 28.7 Å². The van der Waals surface area contributed by atoms with E-state index >= 15 is 0 Å². The van der Waals surface area contributed by atoms with Crippen LogP contribution in [0.5, 0.6) is 0 Å². The molecule has 0 bridgehead atoms. The molecule has 0 radical (unpaired) electrons. The number of likely N-dealkylation sites (N-methyl/N-ethyl adjacent to an activating group) is 1. The minimum Gasteiger partial charge on any atom is -0.347 e. The largest absolute Gasteiger partial charge is 0.347 e. The van der Waals surface area contributed by atoms with Crippen LogP contribution >= 0.6 is 22.9 Å². The molecule has 1 unspecified atom stereocenters. The smallest absolute Gasteiger partial charge is 0.252 e. The van der Waals surface area contributed by atoms with Crippen LogP contribution in [0.25, 0.3) is 0 Å². The Labute approximate surface area is 132 Å². The average molecular weight is 347 g/mol. The molecule has 1 aliphatic rings. The fourth-order valence-electron chi connectivity index (χ4n) is 2.39. The van der Waals surface area contributed by atoms with Crippen molar-refractivity contribution in [3.8, 4) is 0 Å². The van der Waals surface area contributed by atoms with Gasteiger partial charge in [-0.3, -0.25) is 4.90 Å². The predicted molar refractivity (Wildman–Crippen MR) is 82.0 cm³/mol. The van der Waals surface area contributed by atoms with Crippen molar-refractivity contribution in [2.24, 2.45) is 0 Å². The zero-order chi connectivity index (χ0) is 15.0. The van der Waals surface area contributed by atoms with Gasteiger partial charge in [-0.15, -0.1) is 11.3 Å². The van der Waals surface area contributed by atoms with Crippen molar-refractivity contribution in [2.45, 2.75) is 10.3 Å². The molecular formula is C12H15ClN4O2S2. The normalized spacial score (nSPS) is 21.7. The summed E-state index contributed by atoms with van der Waals surface area (Å²) in [5, 5.41) is 0. The van der Waals surface area contributed by atoms with E-state index < -0.39 is 10.0 Å². The molecule has 21 heavy (non-hydrogen) atoms. The van der Waals surface area contributed by atoms with E-state index in [9.17, 15) is 8.42 Å². The number of thiophene rings is 1. The van der Waals surface area contributed by atoms with Crippen LogP contribution in [0.1, 0.15) is 11.9 Å². The van der Waals surface area contributed by atoms with Crippen molar-refractivity contribution < 1.29 is 8.42 Å². The van der Waals surface area contributed by atoms with Gasteiger partial charge in [0.2, 0.25) is 0 Å². The minimum absolute atomic E-state index is 0.0704. The molecule has 0 saturated carbocycles. The van der Waals surface area contributed by atoms with Gasteiger partial charge in [0.05, 0.1) is 10.4 Å². The molecule has 1 atom stereocenters. The van der Waals surface area contributed by atoms with Gasteiger partial charge in [-0.05, 0) is 19.2 Å². The van der Waals surface area contributed by atoms with Gasteiger partial charge >= 0.3 is 0 Å². The summed E-state index contributed by atoms with van der Waals surface area (Å²) in [4.78, 5) is 9.41. The molecule has 0 aliphatic carbocycles. The monoisotopic (exact) mass is 346 g/mol. The Morgan fingerprint density at radius 1 is 1.43 bits per heavy atom. The molecular weight excluding hydrogens is 332 g/mol. The highest BCUT2D eigenvalue weighted by Gasteiger charge is 2.35. The van der Waals surface area contributed by atoms with E-state index in [4.69, 9.17) is 11.6 Å². The zero-order valence-corrected chi connectivity index (χ0v) is 13.7. The van der Waals surface area contributed by atoms with Crippen molar-refractivity contribution in [2.75, 3.05) is 26.7 Å². The number of rotatable bonds is 3. The van der Waals surface area contributed by atoms with E-state index in [-0.39, 0.29) is 10.3 Å². The summed E-state index contributed by atoms with van der Waals surface area (Å²) in [6, 6.07) is 3.10. The Morgan fingerprint density at radius 2 is 2.24 bits per heavy atom. The summed E-state index contributed by atoms with van der Waals surface area (Å²) in [5.41, 5.74) is 0. The molecule has 114 valence electrons. The number of hydrogen-bond acceptors (Lipinski definition) is 5. The lowest BCUT2D eigenvalue weighted by atomic mass is 10.2. The summed E-state index contributed by atoms with van der Waals surface area (Å²) in [6.45, 7) is 1.50. The number of aromatic nitrogens is 2. The summed E-state index contributed by atoms with van der Waals surface area (Å²) >= 11 is 6.94. The molecule has 9 heteroatoms. The molecule has 0 aromatic carbocycles. The first-order chi connectivity index (χ1) is 9.98. The Morgan fingerprint density at radius 3 is 2.86 bits per heavy atom. The second-order valence-electron chi connectivity index (χ2n) is 4.89. The Kier molecular flexibility index (Phi) is 4.06. The molecule has 3 heterocycles. The summed E-state index contributed by atoms with van der Waals surface area (Å²) in [5.74, 6) is 0.779. The van der Waals surface area contributed by atoms with Gasteiger partial charge in [-0.2, -0.15) is 4.31 Å². The number of halogens is 1.